The minimum Gasteiger partial charge on any atom is -0.488 e. The van der Waals surface area contributed by atoms with Gasteiger partial charge in [-0.25, -0.2) is 10.2 Å². The molecule has 3 rings (SSSR count). The van der Waals surface area contributed by atoms with E-state index in [1.54, 1.807) is 6.21 Å². The number of hydrazone groups is 1. The molecule has 0 bridgehead atoms. The van der Waals surface area contributed by atoms with Gasteiger partial charge < -0.3 is 10.1 Å². The standard InChI is InChI=1S/C22H19I2N3O2/c1-15-4-2-3-5-20(15)26-22(28)27-25-13-17-8-11-21(19(24)12-17)29-14-16-6-9-18(23)10-7-16/h2-13H,14H2,1H3,(H2,26,27,28). The van der Waals surface area contributed by atoms with E-state index in [1.807, 2.05) is 49.4 Å². The highest BCUT2D eigenvalue weighted by Crippen LogP contribution is 2.23. The third-order valence-corrected chi connectivity index (χ3v) is 5.60. The van der Waals surface area contributed by atoms with Gasteiger partial charge in [0.05, 0.1) is 9.78 Å². The van der Waals surface area contributed by atoms with Crippen molar-refractivity contribution in [3.05, 3.63) is 90.6 Å². The van der Waals surface area contributed by atoms with Crippen molar-refractivity contribution in [1.29, 1.82) is 0 Å². The molecule has 0 unspecified atom stereocenters. The van der Waals surface area contributed by atoms with Gasteiger partial charge in [0, 0.05) is 9.26 Å². The smallest absolute Gasteiger partial charge is 0.339 e. The van der Waals surface area contributed by atoms with Crippen molar-refractivity contribution in [3.63, 3.8) is 0 Å². The zero-order chi connectivity index (χ0) is 20.6. The maximum Gasteiger partial charge on any atom is 0.339 e. The summed E-state index contributed by atoms with van der Waals surface area (Å²) in [6.07, 6.45) is 1.60. The Morgan fingerprint density at radius 2 is 1.83 bits per heavy atom. The Balaban J connectivity index is 1.53. The van der Waals surface area contributed by atoms with Crippen LogP contribution in [0.25, 0.3) is 0 Å². The van der Waals surface area contributed by atoms with E-state index in [-0.39, 0.29) is 6.03 Å². The summed E-state index contributed by atoms with van der Waals surface area (Å²) in [5, 5.41) is 6.77. The molecule has 5 nitrogen and oxygen atoms in total. The Bertz CT molecular complexity index is 1020. The van der Waals surface area contributed by atoms with Crippen molar-refractivity contribution < 1.29 is 9.53 Å². The van der Waals surface area contributed by atoms with Crippen LogP contribution < -0.4 is 15.5 Å². The van der Waals surface area contributed by atoms with Crippen LogP contribution in [0.1, 0.15) is 16.7 Å². The number of carbonyl (C=O) groups is 1. The molecular weight excluding hydrogens is 592 g/mol. The third kappa shape index (κ3) is 6.70. The largest absolute Gasteiger partial charge is 0.488 e. The second-order valence-corrected chi connectivity index (χ2v) is 8.65. The molecule has 0 heterocycles. The number of nitrogens with one attached hydrogen (secondary N) is 2. The van der Waals surface area contributed by atoms with Gasteiger partial charge in [-0.2, -0.15) is 5.10 Å². The molecule has 0 fully saturated rings. The predicted octanol–water partition coefficient (Wildman–Crippen LogP) is 5.94. The number of rotatable bonds is 6. The Hall–Kier alpha value is -2.14. The highest BCUT2D eigenvalue weighted by Gasteiger charge is 2.04. The minimum absolute atomic E-state index is 0.386. The molecule has 0 spiro atoms. The van der Waals surface area contributed by atoms with Crippen LogP contribution in [-0.4, -0.2) is 12.2 Å². The second-order valence-electron chi connectivity index (χ2n) is 6.24. The average Bonchev–Trinajstić information content (AvgIpc) is 2.70. The average molecular weight is 611 g/mol. The van der Waals surface area contributed by atoms with Crippen LogP contribution in [0.15, 0.2) is 71.8 Å². The molecule has 0 aliphatic carbocycles. The van der Waals surface area contributed by atoms with Crippen molar-refractivity contribution in [2.45, 2.75) is 13.5 Å². The van der Waals surface area contributed by atoms with Crippen LogP contribution in [0.2, 0.25) is 0 Å². The number of urea groups is 1. The van der Waals surface area contributed by atoms with Gasteiger partial charge in [0.15, 0.2) is 0 Å². The fraction of sp³-hybridized carbons (Fsp3) is 0.0909. The van der Waals surface area contributed by atoms with Gasteiger partial charge in [-0.1, -0.05) is 30.3 Å². The first-order valence-electron chi connectivity index (χ1n) is 8.84. The van der Waals surface area contributed by atoms with Gasteiger partial charge >= 0.3 is 6.03 Å². The molecule has 3 aromatic carbocycles. The number of anilines is 1. The fourth-order valence-corrected chi connectivity index (χ4v) is 3.54. The summed E-state index contributed by atoms with van der Waals surface area (Å²) >= 11 is 4.51. The van der Waals surface area contributed by atoms with Gasteiger partial charge in [0.25, 0.3) is 0 Å². The van der Waals surface area contributed by atoms with E-state index in [0.717, 1.165) is 31.7 Å². The summed E-state index contributed by atoms with van der Waals surface area (Å²) in [4.78, 5) is 12.0. The Kier molecular flexibility index (Phi) is 7.87. The monoisotopic (exact) mass is 611 g/mol. The maximum atomic E-state index is 12.0. The van der Waals surface area contributed by atoms with Crippen LogP contribution >= 0.6 is 45.2 Å². The zero-order valence-electron chi connectivity index (χ0n) is 15.7. The lowest BCUT2D eigenvalue weighted by molar-refractivity contribution is 0.252. The van der Waals surface area contributed by atoms with Crippen LogP contribution in [0.4, 0.5) is 10.5 Å². The molecule has 0 aliphatic heterocycles. The SMILES string of the molecule is Cc1ccccc1NC(=O)NN=Cc1ccc(OCc2ccc(I)cc2)c(I)c1. The molecular formula is C22H19I2N3O2. The molecule has 0 saturated heterocycles. The number of carbonyl (C=O) groups excluding carboxylic acids is 1. The lowest BCUT2D eigenvalue weighted by Crippen LogP contribution is -2.24. The molecule has 0 atom stereocenters. The summed E-state index contributed by atoms with van der Waals surface area (Å²) in [6.45, 7) is 2.45. The van der Waals surface area contributed by atoms with E-state index in [0.29, 0.717) is 6.61 Å². The lowest BCUT2D eigenvalue weighted by atomic mass is 10.2. The molecule has 2 amide bonds. The van der Waals surface area contributed by atoms with Crippen LogP contribution in [-0.2, 0) is 6.61 Å². The molecule has 0 radical (unpaired) electrons. The summed E-state index contributed by atoms with van der Waals surface area (Å²) in [5.74, 6) is 0.812. The van der Waals surface area contributed by atoms with E-state index in [1.165, 1.54) is 3.57 Å². The van der Waals surface area contributed by atoms with Crippen molar-refractivity contribution in [1.82, 2.24) is 5.43 Å². The Morgan fingerprint density at radius 1 is 1.07 bits per heavy atom. The van der Waals surface area contributed by atoms with E-state index in [4.69, 9.17) is 4.74 Å². The van der Waals surface area contributed by atoms with Gasteiger partial charge in [-0.05, 0) is 105 Å². The van der Waals surface area contributed by atoms with E-state index in [9.17, 15) is 4.79 Å². The van der Waals surface area contributed by atoms with E-state index >= 15 is 0 Å². The molecule has 0 saturated carbocycles. The highest BCUT2D eigenvalue weighted by atomic mass is 127. The topological polar surface area (TPSA) is 62.7 Å². The number of amides is 2. The minimum atomic E-state index is -0.386. The number of nitrogens with zero attached hydrogens (tertiary/aromatic N) is 1. The first-order valence-corrected chi connectivity index (χ1v) is 11.0. The first kappa shape index (κ1) is 21.6. The highest BCUT2D eigenvalue weighted by molar-refractivity contribution is 14.1. The molecule has 148 valence electrons. The van der Waals surface area contributed by atoms with Crippen molar-refractivity contribution in [2.75, 3.05) is 5.32 Å². The van der Waals surface area contributed by atoms with E-state index in [2.05, 4.69) is 85.3 Å². The third-order valence-electron chi connectivity index (χ3n) is 4.04. The summed E-state index contributed by atoms with van der Waals surface area (Å²) in [5.41, 5.74) is 6.21. The van der Waals surface area contributed by atoms with Crippen LogP contribution in [0.5, 0.6) is 5.75 Å². The number of hydrogen-bond donors (Lipinski definition) is 2. The van der Waals surface area contributed by atoms with Crippen LogP contribution in [0.3, 0.4) is 0 Å². The molecule has 29 heavy (non-hydrogen) atoms. The summed E-state index contributed by atoms with van der Waals surface area (Å²) in [7, 11) is 0. The molecule has 2 N–H and O–H groups in total. The maximum absolute atomic E-state index is 12.0. The zero-order valence-corrected chi connectivity index (χ0v) is 20.0. The van der Waals surface area contributed by atoms with Gasteiger partial charge in [-0.3, -0.25) is 0 Å². The number of ether oxygens (including phenoxy) is 1. The molecule has 0 aromatic heterocycles. The lowest BCUT2D eigenvalue weighted by Gasteiger charge is -2.09. The quantitative estimate of drug-likeness (QED) is 0.206. The molecule has 7 heteroatoms. The van der Waals surface area contributed by atoms with Gasteiger partial charge in [0.2, 0.25) is 0 Å². The fourth-order valence-electron chi connectivity index (χ4n) is 2.49. The van der Waals surface area contributed by atoms with Crippen molar-refractivity contribution in [2.24, 2.45) is 5.10 Å². The van der Waals surface area contributed by atoms with Crippen LogP contribution in [0, 0.1) is 14.1 Å². The number of para-hydroxylation sites is 1. The molecule has 3 aromatic rings. The summed E-state index contributed by atoms with van der Waals surface area (Å²) < 4.78 is 8.08. The predicted molar refractivity (Wildman–Crippen MR) is 134 cm³/mol. The normalized spacial score (nSPS) is 10.7. The van der Waals surface area contributed by atoms with E-state index < -0.39 is 0 Å². The number of hydrogen-bond acceptors (Lipinski definition) is 3. The summed E-state index contributed by atoms with van der Waals surface area (Å²) in [6, 6.07) is 21.2. The Labute approximate surface area is 197 Å². The number of aryl methyl sites for hydroxylation is 1. The Morgan fingerprint density at radius 3 is 2.55 bits per heavy atom. The number of halogens is 2. The van der Waals surface area contributed by atoms with Crippen molar-refractivity contribution >= 4 is 63.1 Å². The van der Waals surface area contributed by atoms with Crippen molar-refractivity contribution in [3.8, 4) is 5.75 Å². The van der Waals surface area contributed by atoms with Gasteiger partial charge in [0.1, 0.15) is 12.4 Å². The van der Waals surface area contributed by atoms with Gasteiger partial charge in [-0.15, -0.1) is 0 Å². The molecule has 0 aliphatic rings. The second kappa shape index (κ2) is 10.6. The number of benzene rings is 3. The first-order chi connectivity index (χ1) is 14.0.